The number of hydrogen-bond donors (Lipinski definition) is 4. The number of nitrogens with zero attached hydrogens (tertiary/aromatic N) is 2. The predicted octanol–water partition coefficient (Wildman–Crippen LogP) is 1.12. The number of hydrogen-bond acceptors (Lipinski definition) is 7. The molecule has 40 heavy (non-hydrogen) atoms. The maximum atomic E-state index is 13.3. The van der Waals surface area contributed by atoms with Crippen LogP contribution in [-0.4, -0.2) is 85.5 Å². The minimum absolute atomic E-state index is 0.0209. The molecule has 2 aromatic rings. The number of pyridine rings is 1. The monoisotopic (exact) mass is 550 g/mol. The molecule has 1 fully saturated rings. The van der Waals surface area contributed by atoms with Gasteiger partial charge in [0, 0.05) is 76.6 Å². The topological polar surface area (TPSA) is 142 Å². The van der Waals surface area contributed by atoms with Crippen molar-refractivity contribution in [2.75, 3.05) is 51.3 Å². The van der Waals surface area contributed by atoms with Crippen LogP contribution < -0.4 is 21.3 Å². The van der Waals surface area contributed by atoms with E-state index in [2.05, 4.69) is 26.3 Å². The molecule has 11 heteroatoms. The van der Waals surface area contributed by atoms with Gasteiger partial charge in [-0.25, -0.2) is 0 Å². The van der Waals surface area contributed by atoms with Gasteiger partial charge in [-0.05, 0) is 37.0 Å². The van der Waals surface area contributed by atoms with Crippen molar-refractivity contribution in [2.45, 2.75) is 38.1 Å². The highest BCUT2D eigenvalue weighted by atomic mass is 16.5. The van der Waals surface area contributed by atoms with Crippen LogP contribution in [0.5, 0.6) is 0 Å². The fourth-order valence-electron chi connectivity index (χ4n) is 4.86. The van der Waals surface area contributed by atoms with Crippen molar-refractivity contribution < 1.29 is 23.9 Å². The van der Waals surface area contributed by atoms with E-state index in [1.54, 1.807) is 17.0 Å². The fraction of sp³-hybridized carbons (Fsp3) is 0.483. The lowest BCUT2D eigenvalue weighted by Crippen LogP contribution is -2.50. The quantitative estimate of drug-likeness (QED) is 0.449. The Labute approximate surface area is 234 Å². The van der Waals surface area contributed by atoms with Gasteiger partial charge in [0.15, 0.2) is 0 Å². The lowest BCUT2D eigenvalue weighted by molar-refractivity contribution is -0.139. The molecule has 4 amide bonds. The second-order valence-electron chi connectivity index (χ2n) is 10.0. The van der Waals surface area contributed by atoms with E-state index in [-0.39, 0.29) is 35.9 Å². The first-order valence-electron chi connectivity index (χ1n) is 14.0. The van der Waals surface area contributed by atoms with Crippen LogP contribution in [0.1, 0.15) is 41.7 Å². The Morgan fingerprint density at radius 1 is 0.950 bits per heavy atom. The zero-order valence-electron chi connectivity index (χ0n) is 22.7. The minimum Gasteiger partial charge on any atom is -0.383 e. The van der Waals surface area contributed by atoms with Gasteiger partial charge >= 0.3 is 0 Å². The normalized spacial score (nSPS) is 20.6. The Bertz CT molecular complexity index is 1150. The van der Waals surface area contributed by atoms with Crippen LogP contribution in [0.15, 0.2) is 48.7 Å². The molecule has 0 saturated carbocycles. The summed E-state index contributed by atoms with van der Waals surface area (Å²) in [6.07, 6.45) is 3.96. The number of benzene rings is 1. The molecule has 11 nitrogen and oxygen atoms in total. The highest BCUT2D eigenvalue weighted by Crippen LogP contribution is 2.18. The second kappa shape index (κ2) is 15.0. The molecule has 1 aromatic heterocycles. The van der Waals surface area contributed by atoms with Crippen molar-refractivity contribution in [3.63, 3.8) is 0 Å². The van der Waals surface area contributed by atoms with Crippen LogP contribution in [0.3, 0.4) is 0 Å². The van der Waals surface area contributed by atoms with E-state index in [1.165, 1.54) is 6.20 Å². The summed E-state index contributed by atoms with van der Waals surface area (Å²) in [4.78, 5) is 58.0. The van der Waals surface area contributed by atoms with Gasteiger partial charge in [-0.2, -0.15) is 0 Å². The van der Waals surface area contributed by atoms with E-state index in [1.807, 2.05) is 30.3 Å². The van der Waals surface area contributed by atoms with Crippen LogP contribution in [-0.2, 0) is 25.5 Å². The molecule has 0 unspecified atom stereocenters. The number of fused-ring (bicyclic) bond motifs is 2. The summed E-state index contributed by atoms with van der Waals surface area (Å²) in [6.45, 7) is 2.92. The van der Waals surface area contributed by atoms with Crippen molar-refractivity contribution in [1.82, 2.24) is 25.8 Å². The van der Waals surface area contributed by atoms with Crippen LogP contribution in [0.4, 0.5) is 5.69 Å². The number of ether oxygens (including phenoxy) is 1. The second-order valence-corrected chi connectivity index (χ2v) is 10.0. The average Bonchev–Trinajstić information content (AvgIpc) is 2.98. The molecule has 4 N–H and O–H groups in total. The summed E-state index contributed by atoms with van der Waals surface area (Å²) >= 11 is 0. The molecule has 0 aliphatic carbocycles. The van der Waals surface area contributed by atoms with E-state index >= 15 is 0 Å². The van der Waals surface area contributed by atoms with Crippen molar-refractivity contribution in [1.29, 1.82) is 0 Å². The lowest BCUT2D eigenvalue weighted by atomic mass is 9.98. The molecular formula is C29H38N6O5. The van der Waals surface area contributed by atoms with Gasteiger partial charge in [0.05, 0.1) is 0 Å². The summed E-state index contributed by atoms with van der Waals surface area (Å²) in [5.41, 5.74) is 1.75. The number of amides is 4. The summed E-state index contributed by atoms with van der Waals surface area (Å²) in [5.74, 6) is -1.01. The van der Waals surface area contributed by atoms with Gasteiger partial charge in [-0.15, -0.1) is 0 Å². The molecule has 3 heterocycles. The first-order chi connectivity index (χ1) is 19.5. The van der Waals surface area contributed by atoms with Crippen molar-refractivity contribution in [3.8, 4) is 0 Å². The van der Waals surface area contributed by atoms with Gasteiger partial charge in [0.25, 0.3) is 5.91 Å². The smallest absolute Gasteiger partial charge is 0.270 e. The molecule has 0 spiro atoms. The lowest BCUT2D eigenvalue weighted by Gasteiger charge is -2.30. The van der Waals surface area contributed by atoms with Crippen molar-refractivity contribution >= 4 is 29.3 Å². The Morgan fingerprint density at radius 3 is 2.52 bits per heavy atom. The minimum atomic E-state index is -0.836. The standard InChI is InChI=1S/C29H38N6O5/c36-26-7-4-15-35(29(39)22-9-17-40-18-10-22)16-14-33-27(37)25(19-21-5-2-1-3-6-21)34-28(38)24-20-23(8-11-31-24)30-12-13-32-26/h1-3,5-6,8,11,20,22,25,30H,4,7,9-10,12-19H2,(H,32,36)(H,33,37)(H,34,38)/t25-/m0/s1. The number of carbonyl (C=O) groups excluding carboxylic acids is 4. The molecule has 2 aliphatic heterocycles. The van der Waals surface area contributed by atoms with Gasteiger partial charge < -0.3 is 30.9 Å². The molecule has 214 valence electrons. The van der Waals surface area contributed by atoms with E-state index in [0.29, 0.717) is 77.2 Å². The van der Waals surface area contributed by atoms with Crippen LogP contribution in [0, 0.1) is 5.92 Å². The maximum absolute atomic E-state index is 13.3. The van der Waals surface area contributed by atoms with E-state index < -0.39 is 11.9 Å². The zero-order chi connectivity index (χ0) is 28.2. The largest absolute Gasteiger partial charge is 0.383 e. The molecule has 2 aliphatic rings. The Balaban J connectivity index is 1.50. The van der Waals surface area contributed by atoms with Gasteiger partial charge in [-0.3, -0.25) is 24.2 Å². The number of rotatable bonds is 3. The Morgan fingerprint density at radius 2 is 1.73 bits per heavy atom. The summed E-state index contributed by atoms with van der Waals surface area (Å²) < 4.78 is 5.41. The maximum Gasteiger partial charge on any atom is 0.270 e. The van der Waals surface area contributed by atoms with Crippen LogP contribution in [0.2, 0.25) is 0 Å². The molecular weight excluding hydrogens is 512 g/mol. The highest BCUT2D eigenvalue weighted by Gasteiger charge is 2.27. The zero-order valence-corrected chi connectivity index (χ0v) is 22.7. The van der Waals surface area contributed by atoms with Gasteiger partial charge in [0.1, 0.15) is 11.7 Å². The van der Waals surface area contributed by atoms with E-state index in [0.717, 1.165) is 5.56 Å². The highest BCUT2D eigenvalue weighted by molar-refractivity contribution is 5.96. The van der Waals surface area contributed by atoms with E-state index in [4.69, 9.17) is 4.74 Å². The fourth-order valence-corrected chi connectivity index (χ4v) is 4.86. The Hall–Kier alpha value is -3.99. The SMILES string of the molecule is O=C1CCCN(C(=O)C2CCOCC2)CCNC(=O)[C@H](Cc2ccccc2)NC(=O)c2cc(ccn2)NCCN1. The first kappa shape index (κ1) is 29.0. The molecule has 2 bridgehead atoms. The van der Waals surface area contributed by atoms with Crippen molar-refractivity contribution in [2.24, 2.45) is 5.92 Å². The van der Waals surface area contributed by atoms with E-state index in [9.17, 15) is 19.2 Å². The van der Waals surface area contributed by atoms with Crippen LogP contribution in [0.25, 0.3) is 0 Å². The molecule has 1 aromatic carbocycles. The third kappa shape index (κ3) is 8.77. The third-order valence-electron chi connectivity index (χ3n) is 7.07. The predicted molar refractivity (Wildman–Crippen MR) is 150 cm³/mol. The summed E-state index contributed by atoms with van der Waals surface area (Å²) in [7, 11) is 0. The summed E-state index contributed by atoms with van der Waals surface area (Å²) in [5, 5.41) is 11.8. The van der Waals surface area contributed by atoms with Gasteiger partial charge in [-0.1, -0.05) is 30.3 Å². The number of carbonyl (C=O) groups is 4. The first-order valence-corrected chi connectivity index (χ1v) is 14.0. The summed E-state index contributed by atoms with van der Waals surface area (Å²) in [6, 6.07) is 12.0. The molecule has 1 atom stereocenters. The Kier molecular flexibility index (Phi) is 10.9. The van der Waals surface area contributed by atoms with Gasteiger partial charge in [0.2, 0.25) is 17.7 Å². The number of anilines is 1. The van der Waals surface area contributed by atoms with Crippen LogP contribution >= 0.6 is 0 Å². The molecule has 4 rings (SSSR count). The molecule has 0 radical (unpaired) electrons. The average molecular weight is 551 g/mol. The molecule has 1 saturated heterocycles. The number of nitrogens with one attached hydrogen (secondary N) is 4. The third-order valence-corrected chi connectivity index (χ3v) is 7.07. The number of aromatic nitrogens is 1. The van der Waals surface area contributed by atoms with Crippen molar-refractivity contribution in [3.05, 3.63) is 59.9 Å².